The number of nitrogens with zero attached hydrogens (tertiary/aromatic N) is 3. The Labute approximate surface area is 208 Å². The second-order valence-corrected chi connectivity index (χ2v) is 9.10. The van der Waals surface area contributed by atoms with Gasteiger partial charge in [-0.05, 0) is 80.2 Å². The molecule has 0 unspecified atom stereocenters. The van der Waals surface area contributed by atoms with E-state index < -0.39 is 0 Å². The van der Waals surface area contributed by atoms with E-state index in [1.54, 1.807) is 36.5 Å². The number of thiocarbonyl (C=S) groups is 1. The topological polar surface area (TPSA) is 73.5 Å². The zero-order valence-electron chi connectivity index (χ0n) is 18.6. The lowest BCUT2D eigenvalue weighted by molar-refractivity contribution is 0.471. The summed E-state index contributed by atoms with van der Waals surface area (Å²) in [6, 6.07) is 19.5. The van der Waals surface area contributed by atoms with Crippen LogP contribution in [0.1, 0.15) is 34.7 Å². The number of aryl methyl sites for hydroxylation is 1. The van der Waals surface area contributed by atoms with E-state index in [1.807, 2.05) is 53.6 Å². The van der Waals surface area contributed by atoms with Crippen LogP contribution in [0.4, 0.5) is 5.69 Å². The summed E-state index contributed by atoms with van der Waals surface area (Å²) in [5, 5.41) is 25.7. The summed E-state index contributed by atoms with van der Waals surface area (Å²) in [7, 11) is 0. The first-order chi connectivity index (χ1) is 16.4. The Bertz CT molecular complexity index is 1390. The van der Waals surface area contributed by atoms with Crippen LogP contribution in [0.3, 0.4) is 0 Å². The Balaban J connectivity index is 1.72. The summed E-state index contributed by atoms with van der Waals surface area (Å²) in [6.07, 6.45) is 1.76. The number of hydrogen-bond donors (Lipinski definition) is 3. The van der Waals surface area contributed by atoms with Gasteiger partial charge in [-0.15, -0.1) is 0 Å². The van der Waals surface area contributed by atoms with Gasteiger partial charge >= 0.3 is 0 Å². The quantitative estimate of drug-likeness (QED) is 0.317. The van der Waals surface area contributed by atoms with Crippen LogP contribution in [0, 0.1) is 13.8 Å². The average molecular weight is 491 g/mol. The predicted octanol–water partition coefficient (Wildman–Crippen LogP) is 5.73. The highest BCUT2D eigenvalue weighted by Gasteiger charge is 2.43. The number of halogens is 1. The van der Waals surface area contributed by atoms with E-state index in [0.29, 0.717) is 21.5 Å². The van der Waals surface area contributed by atoms with Crippen molar-refractivity contribution in [3.63, 3.8) is 0 Å². The third kappa shape index (κ3) is 3.67. The van der Waals surface area contributed by atoms with E-state index in [9.17, 15) is 10.2 Å². The molecule has 1 aliphatic heterocycles. The molecule has 0 saturated carbocycles. The van der Waals surface area contributed by atoms with Crippen molar-refractivity contribution in [1.29, 1.82) is 0 Å². The maximum absolute atomic E-state index is 10.7. The van der Waals surface area contributed by atoms with Gasteiger partial charge in [0.15, 0.2) is 5.11 Å². The number of phenols is 2. The molecule has 1 saturated heterocycles. The largest absolute Gasteiger partial charge is 0.506 e. The highest BCUT2D eigenvalue weighted by molar-refractivity contribution is 7.80. The summed E-state index contributed by atoms with van der Waals surface area (Å²) < 4.78 is 1.98. The first-order valence-corrected chi connectivity index (χ1v) is 11.6. The number of para-hydroxylation sites is 2. The lowest BCUT2D eigenvalue weighted by Crippen LogP contribution is -2.29. The predicted molar refractivity (Wildman–Crippen MR) is 138 cm³/mol. The van der Waals surface area contributed by atoms with Crippen LogP contribution >= 0.6 is 23.8 Å². The van der Waals surface area contributed by atoms with Gasteiger partial charge in [-0.3, -0.25) is 4.98 Å². The summed E-state index contributed by atoms with van der Waals surface area (Å²) in [5.74, 6) is 0.274. The Hall–Kier alpha value is -3.55. The molecule has 1 aliphatic rings. The van der Waals surface area contributed by atoms with E-state index in [0.717, 1.165) is 22.6 Å². The molecule has 0 radical (unpaired) electrons. The Kier molecular flexibility index (Phi) is 5.67. The molecule has 1 fully saturated rings. The van der Waals surface area contributed by atoms with Crippen molar-refractivity contribution in [3.8, 4) is 17.2 Å². The summed E-state index contributed by atoms with van der Waals surface area (Å²) in [5.41, 5.74) is 4.89. The third-order valence-electron chi connectivity index (χ3n) is 6.21. The van der Waals surface area contributed by atoms with Gasteiger partial charge < -0.3 is 25.0 Å². The van der Waals surface area contributed by atoms with Gasteiger partial charge in [0, 0.05) is 22.6 Å². The van der Waals surface area contributed by atoms with E-state index in [-0.39, 0.29) is 23.6 Å². The van der Waals surface area contributed by atoms with Gasteiger partial charge in [0.2, 0.25) is 0 Å². The van der Waals surface area contributed by atoms with Crippen molar-refractivity contribution in [2.45, 2.75) is 25.9 Å². The van der Waals surface area contributed by atoms with Gasteiger partial charge in [0.1, 0.15) is 11.5 Å². The Morgan fingerprint density at radius 1 is 0.941 bits per heavy atom. The number of aromatic nitrogens is 2. The fourth-order valence-electron chi connectivity index (χ4n) is 4.73. The molecule has 2 atom stereocenters. The van der Waals surface area contributed by atoms with Gasteiger partial charge in [-0.1, -0.05) is 29.8 Å². The molecular weight excluding hydrogens is 468 g/mol. The Morgan fingerprint density at radius 3 is 2.41 bits per heavy atom. The van der Waals surface area contributed by atoms with Gasteiger partial charge in [-0.2, -0.15) is 0 Å². The van der Waals surface area contributed by atoms with Gasteiger partial charge in [0.05, 0.1) is 29.2 Å². The van der Waals surface area contributed by atoms with Crippen molar-refractivity contribution in [3.05, 3.63) is 101 Å². The molecule has 8 heteroatoms. The number of pyridine rings is 1. The summed E-state index contributed by atoms with van der Waals surface area (Å²) in [6.45, 7) is 3.99. The van der Waals surface area contributed by atoms with E-state index in [2.05, 4.69) is 16.4 Å². The number of rotatable bonds is 4. The molecule has 3 N–H and O–H groups in total. The molecule has 0 amide bonds. The van der Waals surface area contributed by atoms with Crippen molar-refractivity contribution < 1.29 is 10.2 Å². The average Bonchev–Trinajstić information content (AvgIpc) is 3.31. The van der Waals surface area contributed by atoms with Crippen molar-refractivity contribution >= 4 is 34.6 Å². The molecule has 0 bridgehead atoms. The van der Waals surface area contributed by atoms with Crippen molar-refractivity contribution in [2.75, 3.05) is 4.90 Å². The molecule has 2 aromatic heterocycles. The fourth-order valence-corrected chi connectivity index (χ4v) is 5.24. The number of aromatic hydroxyl groups is 2. The molecule has 5 rings (SSSR count). The number of nitrogens with one attached hydrogen (secondary N) is 1. The second-order valence-electron chi connectivity index (χ2n) is 8.28. The smallest absolute Gasteiger partial charge is 0.174 e. The van der Waals surface area contributed by atoms with E-state index in [4.69, 9.17) is 23.8 Å². The highest BCUT2D eigenvalue weighted by Crippen LogP contribution is 2.46. The van der Waals surface area contributed by atoms with E-state index >= 15 is 0 Å². The molecule has 6 nitrogen and oxygen atoms in total. The second kappa shape index (κ2) is 8.66. The van der Waals surface area contributed by atoms with Crippen LogP contribution < -0.4 is 10.2 Å². The minimum absolute atomic E-state index is 0.136. The Morgan fingerprint density at radius 2 is 1.68 bits per heavy atom. The van der Waals surface area contributed by atoms with Gasteiger partial charge in [0.25, 0.3) is 0 Å². The summed E-state index contributed by atoms with van der Waals surface area (Å²) >= 11 is 12.0. The minimum Gasteiger partial charge on any atom is -0.506 e. The molecular formula is C26H23ClN4O2S. The standard InChI is InChI=1S/C26H23ClN4O2S/c1-15-13-18(16(2)30(15)21-14-17(27)10-11-23(21)33)25-24(19-7-5-6-12-28-19)29-26(34)31(25)20-8-3-4-9-22(20)32/h3-14,24-25,32-33H,1-2H3,(H,29,34)/t24-,25+/m1/s1. The fraction of sp³-hybridized carbons (Fsp3) is 0.154. The van der Waals surface area contributed by atoms with Crippen LogP contribution in [0.5, 0.6) is 11.5 Å². The molecule has 34 heavy (non-hydrogen) atoms. The summed E-state index contributed by atoms with van der Waals surface area (Å²) in [4.78, 5) is 6.53. The zero-order chi connectivity index (χ0) is 24.0. The third-order valence-corrected chi connectivity index (χ3v) is 6.76. The first-order valence-electron chi connectivity index (χ1n) is 10.8. The zero-order valence-corrected chi connectivity index (χ0v) is 20.2. The maximum atomic E-state index is 10.7. The molecule has 0 spiro atoms. The number of phenolic OH excluding ortho intramolecular Hbond substituents is 2. The van der Waals surface area contributed by atoms with Crippen molar-refractivity contribution in [1.82, 2.24) is 14.9 Å². The number of benzene rings is 2. The first kappa shape index (κ1) is 22.3. The maximum Gasteiger partial charge on any atom is 0.174 e. The van der Waals surface area contributed by atoms with E-state index in [1.165, 1.54) is 0 Å². The minimum atomic E-state index is -0.294. The van der Waals surface area contributed by atoms with Crippen LogP contribution in [-0.2, 0) is 0 Å². The molecule has 4 aromatic rings. The molecule has 3 heterocycles. The van der Waals surface area contributed by atoms with Crippen LogP contribution in [0.15, 0.2) is 72.9 Å². The van der Waals surface area contributed by atoms with Gasteiger partial charge in [-0.25, -0.2) is 0 Å². The number of anilines is 1. The molecule has 2 aromatic carbocycles. The molecule has 0 aliphatic carbocycles. The lowest BCUT2D eigenvalue weighted by Gasteiger charge is -2.28. The molecule has 172 valence electrons. The SMILES string of the molecule is Cc1cc([C@H]2[C@@H](c3ccccn3)NC(=S)N2c2ccccc2O)c(C)n1-c1cc(Cl)ccc1O. The monoisotopic (exact) mass is 490 g/mol. The van der Waals surface area contributed by atoms with Crippen LogP contribution in [0.2, 0.25) is 5.02 Å². The van der Waals surface area contributed by atoms with Crippen LogP contribution in [-0.4, -0.2) is 24.9 Å². The lowest BCUT2D eigenvalue weighted by atomic mass is 9.96. The highest BCUT2D eigenvalue weighted by atomic mass is 35.5. The van der Waals surface area contributed by atoms with Crippen molar-refractivity contribution in [2.24, 2.45) is 0 Å². The normalized spacial score (nSPS) is 17.7. The number of hydrogen-bond acceptors (Lipinski definition) is 4. The van der Waals surface area contributed by atoms with Crippen LogP contribution in [0.25, 0.3) is 5.69 Å².